The molecule has 0 spiro atoms. The van der Waals surface area contributed by atoms with E-state index in [1.807, 2.05) is 0 Å². The predicted octanol–water partition coefficient (Wildman–Crippen LogP) is 1.06. The summed E-state index contributed by atoms with van der Waals surface area (Å²) in [4.78, 5) is 0. The molecule has 0 unspecified atom stereocenters. The van der Waals surface area contributed by atoms with Crippen LogP contribution in [0, 0.1) is 6.04 Å². The molecule has 1 nitrogen and oxygen atoms in total. The molecule has 0 aliphatic rings. The van der Waals surface area contributed by atoms with Gasteiger partial charge in [-0.3, -0.25) is 0 Å². The molecule has 2 N–H and O–H groups in total. The van der Waals surface area contributed by atoms with Gasteiger partial charge in [0.05, 0.1) is 0 Å². The Bertz CT molecular complexity index is 55.7. The largest absolute Gasteiger partial charge is 0.408 e. The van der Waals surface area contributed by atoms with Crippen LogP contribution in [-0.2, 0) is 0 Å². The van der Waals surface area contributed by atoms with Crippen LogP contribution in [-0.4, -0.2) is 6.18 Å². The fourth-order valence-corrected chi connectivity index (χ4v) is 0. The van der Waals surface area contributed by atoms with E-state index in [2.05, 4.69) is 5.73 Å². The molecule has 0 aromatic carbocycles. The number of halogens is 3. The molecule has 0 aliphatic heterocycles. The molecule has 43 valence electrons. The Morgan fingerprint density at radius 3 is 1.57 bits per heavy atom. The first kappa shape index (κ1) is 6.75. The fourth-order valence-electron chi connectivity index (χ4n) is 0. The highest BCUT2D eigenvalue weighted by atomic mass is 19.4. The standard InChI is InChI=1S/C3H5F3N/c1-2(7)3(4,5)6/h7H2,1H3. The highest BCUT2D eigenvalue weighted by Crippen LogP contribution is 2.22. The van der Waals surface area contributed by atoms with E-state index in [1.165, 1.54) is 0 Å². The second-order valence-electron chi connectivity index (χ2n) is 1.18. The van der Waals surface area contributed by atoms with Gasteiger partial charge in [0.25, 0.3) is 0 Å². The van der Waals surface area contributed by atoms with Crippen LogP contribution in [0.25, 0.3) is 0 Å². The van der Waals surface area contributed by atoms with E-state index in [9.17, 15) is 13.2 Å². The molecule has 0 heterocycles. The Hall–Kier alpha value is -0.250. The summed E-state index contributed by atoms with van der Waals surface area (Å²) in [7, 11) is 0. The average molecular weight is 112 g/mol. The molecule has 0 aromatic heterocycles. The van der Waals surface area contributed by atoms with Gasteiger partial charge < -0.3 is 5.73 Å². The van der Waals surface area contributed by atoms with Crippen molar-refractivity contribution in [1.82, 2.24) is 0 Å². The van der Waals surface area contributed by atoms with Gasteiger partial charge in [-0.2, -0.15) is 13.2 Å². The maximum absolute atomic E-state index is 11.0. The molecule has 0 saturated heterocycles. The van der Waals surface area contributed by atoms with E-state index >= 15 is 0 Å². The SMILES string of the molecule is C[C](N)C(F)(F)F. The summed E-state index contributed by atoms with van der Waals surface area (Å²) >= 11 is 0. The molecule has 0 fully saturated rings. The van der Waals surface area contributed by atoms with Gasteiger partial charge in [0, 0.05) is 0 Å². The van der Waals surface area contributed by atoms with Crippen LogP contribution in [0.1, 0.15) is 6.92 Å². The van der Waals surface area contributed by atoms with Crippen LogP contribution in [0.3, 0.4) is 0 Å². The van der Waals surface area contributed by atoms with Crippen LogP contribution < -0.4 is 5.73 Å². The van der Waals surface area contributed by atoms with Crippen molar-refractivity contribution in [1.29, 1.82) is 0 Å². The number of nitrogens with two attached hydrogens (primary N) is 1. The minimum atomic E-state index is -4.31. The average Bonchev–Trinajstić information content (AvgIpc) is 1.31. The minimum absolute atomic E-state index is 0.819. The van der Waals surface area contributed by atoms with E-state index in [4.69, 9.17) is 0 Å². The van der Waals surface area contributed by atoms with Crippen molar-refractivity contribution in [3.05, 3.63) is 6.04 Å². The molecule has 0 atom stereocenters. The third-order valence-corrected chi connectivity index (χ3v) is 0.447. The zero-order chi connectivity index (χ0) is 6.08. The molecule has 0 amide bonds. The summed E-state index contributed by atoms with van der Waals surface area (Å²) in [5.41, 5.74) is 4.36. The van der Waals surface area contributed by atoms with Crippen molar-refractivity contribution in [3.63, 3.8) is 0 Å². The Kier molecular flexibility index (Phi) is 1.63. The van der Waals surface area contributed by atoms with Crippen LogP contribution in [0.4, 0.5) is 13.2 Å². The Morgan fingerprint density at radius 2 is 1.57 bits per heavy atom. The Balaban J connectivity index is 3.54. The van der Waals surface area contributed by atoms with Gasteiger partial charge in [0.2, 0.25) is 0 Å². The van der Waals surface area contributed by atoms with Crippen molar-refractivity contribution in [2.45, 2.75) is 13.1 Å². The smallest absolute Gasteiger partial charge is 0.316 e. The topological polar surface area (TPSA) is 26.0 Å². The van der Waals surface area contributed by atoms with Crippen LogP contribution in [0.5, 0.6) is 0 Å². The summed E-state index contributed by atoms with van der Waals surface area (Å²) < 4.78 is 33.0. The summed E-state index contributed by atoms with van der Waals surface area (Å²) in [6, 6.07) is -1.01. The molecule has 0 bridgehead atoms. The van der Waals surface area contributed by atoms with E-state index in [0.29, 0.717) is 0 Å². The maximum Gasteiger partial charge on any atom is 0.408 e. The lowest BCUT2D eigenvalue weighted by Crippen LogP contribution is -2.24. The molecule has 7 heavy (non-hydrogen) atoms. The van der Waals surface area contributed by atoms with Crippen LogP contribution in [0.15, 0.2) is 0 Å². The van der Waals surface area contributed by atoms with Crippen molar-refractivity contribution in [3.8, 4) is 0 Å². The number of rotatable bonds is 0. The van der Waals surface area contributed by atoms with Crippen molar-refractivity contribution >= 4 is 0 Å². The quantitative estimate of drug-likeness (QED) is 0.498. The maximum atomic E-state index is 11.0. The van der Waals surface area contributed by atoms with Crippen LogP contribution >= 0.6 is 0 Å². The number of hydrogen-bond acceptors (Lipinski definition) is 1. The molecule has 0 aromatic rings. The van der Waals surface area contributed by atoms with Gasteiger partial charge in [-0.05, 0) is 6.92 Å². The zero-order valence-electron chi connectivity index (χ0n) is 3.71. The van der Waals surface area contributed by atoms with Gasteiger partial charge in [0.15, 0.2) is 0 Å². The summed E-state index contributed by atoms with van der Waals surface area (Å²) in [6.45, 7) is 0.819. The number of alkyl halides is 3. The predicted molar refractivity (Wildman–Crippen MR) is 19.2 cm³/mol. The molecular formula is C3H5F3N. The van der Waals surface area contributed by atoms with Gasteiger partial charge in [-0.25, -0.2) is 0 Å². The van der Waals surface area contributed by atoms with Crippen LogP contribution in [0.2, 0.25) is 0 Å². The van der Waals surface area contributed by atoms with Crippen molar-refractivity contribution in [2.75, 3.05) is 0 Å². The van der Waals surface area contributed by atoms with Gasteiger partial charge in [0.1, 0.15) is 6.04 Å². The lowest BCUT2D eigenvalue weighted by atomic mass is 10.4. The summed E-state index contributed by atoms with van der Waals surface area (Å²) in [6.07, 6.45) is -4.31. The fraction of sp³-hybridized carbons (Fsp3) is 0.667. The van der Waals surface area contributed by atoms with Gasteiger partial charge in [-0.15, -0.1) is 0 Å². The van der Waals surface area contributed by atoms with Gasteiger partial charge in [-0.1, -0.05) is 0 Å². The normalized spacial score (nSPS) is 12.9. The molecule has 1 radical (unpaired) electrons. The Labute approximate surface area is 39.3 Å². The summed E-state index contributed by atoms with van der Waals surface area (Å²) in [5.74, 6) is 0. The zero-order valence-corrected chi connectivity index (χ0v) is 3.71. The Morgan fingerprint density at radius 1 is 1.43 bits per heavy atom. The molecule has 4 heteroatoms. The second-order valence-corrected chi connectivity index (χ2v) is 1.18. The third-order valence-electron chi connectivity index (χ3n) is 0.447. The third kappa shape index (κ3) is 2.45. The second kappa shape index (κ2) is 1.69. The molecule has 0 rings (SSSR count). The monoisotopic (exact) mass is 112 g/mol. The lowest BCUT2D eigenvalue weighted by molar-refractivity contribution is -0.113. The van der Waals surface area contributed by atoms with E-state index in [1.54, 1.807) is 0 Å². The molecule has 0 aliphatic carbocycles. The van der Waals surface area contributed by atoms with E-state index in [0.717, 1.165) is 6.92 Å². The van der Waals surface area contributed by atoms with Crippen molar-refractivity contribution in [2.24, 2.45) is 5.73 Å². The first-order valence-electron chi connectivity index (χ1n) is 1.61. The lowest BCUT2D eigenvalue weighted by Gasteiger charge is -2.06. The number of hydrogen-bond donors (Lipinski definition) is 1. The van der Waals surface area contributed by atoms with E-state index in [-0.39, 0.29) is 0 Å². The molecular weight excluding hydrogens is 107 g/mol. The van der Waals surface area contributed by atoms with Crippen molar-refractivity contribution < 1.29 is 13.2 Å². The first-order valence-corrected chi connectivity index (χ1v) is 1.61. The first-order chi connectivity index (χ1) is 2.94. The highest BCUT2D eigenvalue weighted by Gasteiger charge is 2.33. The van der Waals surface area contributed by atoms with Gasteiger partial charge >= 0.3 is 6.18 Å². The minimum Gasteiger partial charge on any atom is -0.316 e. The summed E-state index contributed by atoms with van der Waals surface area (Å²) in [5, 5.41) is 0. The molecule has 0 saturated carbocycles. The highest BCUT2D eigenvalue weighted by molar-refractivity contribution is 4.83. The van der Waals surface area contributed by atoms with E-state index < -0.39 is 12.2 Å².